The number of hydrogen-bond donors (Lipinski definition) is 2. The Hall–Kier alpha value is -0.580. The highest BCUT2D eigenvalue weighted by Gasteiger charge is 2.14. The maximum Gasteiger partial charge on any atom is 0.0606 e. The van der Waals surface area contributed by atoms with E-state index in [9.17, 15) is 5.11 Å². The van der Waals surface area contributed by atoms with E-state index in [0.717, 1.165) is 24.0 Å². The van der Waals surface area contributed by atoms with Gasteiger partial charge in [-0.15, -0.1) is 0 Å². The van der Waals surface area contributed by atoms with Crippen molar-refractivity contribution in [1.29, 1.82) is 0 Å². The number of aliphatic hydroxyl groups excluding tert-OH is 1. The van der Waals surface area contributed by atoms with Crippen molar-refractivity contribution in [3.63, 3.8) is 0 Å². The smallest absolute Gasteiger partial charge is 0.0606 e. The van der Waals surface area contributed by atoms with Gasteiger partial charge in [0.2, 0.25) is 0 Å². The number of benzene rings is 1. The zero-order valence-corrected chi connectivity index (χ0v) is 13.7. The highest BCUT2D eigenvalue weighted by Crippen LogP contribution is 2.26. The van der Waals surface area contributed by atoms with E-state index in [4.69, 9.17) is 0 Å². The molecular formula is C15H25BrN2O. The molecule has 19 heavy (non-hydrogen) atoms. The lowest BCUT2D eigenvalue weighted by atomic mass is 10.1. The first-order valence-electron chi connectivity index (χ1n) is 6.96. The van der Waals surface area contributed by atoms with Crippen LogP contribution in [0.15, 0.2) is 22.7 Å². The van der Waals surface area contributed by atoms with Crippen LogP contribution >= 0.6 is 15.9 Å². The van der Waals surface area contributed by atoms with Crippen molar-refractivity contribution in [2.45, 2.75) is 39.8 Å². The van der Waals surface area contributed by atoms with Gasteiger partial charge in [0, 0.05) is 29.3 Å². The second-order valence-electron chi connectivity index (χ2n) is 4.96. The first-order valence-corrected chi connectivity index (χ1v) is 7.76. The molecule has 0 aromatic heterocycles. The molecule has 1 aromatic carbocycles. The summed E-state index contributed by atoms with van der Waals surface area (Å²) in [4.78, 5) is 2.25. The van der Waals surface area contributed by atoms with E-state index in [2.05, 4.69) is 65.1 Å². The lowest BCUT2D eigenvalue weighted by Gasteiger charge is -2.30. The van der Waals surface area contributed by atoms with Crippen LogP contribution in [0.4, 0.5) is 5.69 Å². The molecule has 0 aliphatic heterocycles. The van der Waals surface area contributed by atoms with E-state index in [0.29, 0.717) is 12.6 Å². The normalized spacial score (nSPS) is 11.1. The van der Waals surface area contributed by atoms with Gasteiger partial charge in [0.15, 0.2) is 0 Å². The number of halogens is 1. The van der Waals surface area contributed by atoms with E-state index in [1.165, 1.54) is 11.3 Å². The van der Waals surface area contributed by atoms with E-state index < -0.39 is 0 Å². The molecule has 1 rings (SSSR count). The molecule has 0 heterocycles. The maximum absolute atomic E-state index is 9.24. The van der Waals surface area contributed by atoms with Crippen molar-refractivity contribution in [3.05, 3.63) is 28.2 Å². The summed E-state index contributed by atoms with van der Waals surface area (Å²) in [6, 6.07) is 6.72. The van der Waals surface area contributed by atoms with Crippen LogP contribution in [0.2, 0.25) is 0 Å². The molecule has 0 fully saturated rings. The van der Waals surface area contributed by atoms with Gasteiger partial charge in [-0.1, -0.05) is 22.9 Å². The first kappa shape index (κ1) is 16.5. The van der Waals surface area contributed by atoms with Crippen LogP contribution in [0.5, 0.6) is 0 Å². The van der Waals surface area contributed by atoms with Gasteiger partial charge in [0.1, 0.15) is 0 Å². The SMILES string of the molecule is CCCNCc1cc(Br)ccc1N(CCO)C(C)C. The third-order valence-corrected chi connectivity index (χ3v) is 3.55. The second kappa shape index (κ2) is 8.56. The summed E-state index contributed by atoms with van der Waals surface area (Å²) >= 11 is 3.53. The molecule has 0 saturated carbocycles. The summed E-state index contributed by atoms with van der Waals surface area (Å²) in [6.07, 6.45) is 1.13. The van der Waals surface area contributed by atoms with Crippen molar-refractivity contribution >= 4 is 21.6 Å². The van der Waals surface area contributed by atoms with Crippen molar-refractivity contribution in [3.8, 4) is 0 Å². The van der Waals surface area contributed by atoms with Crippen LogP contribution in [0, 0.1) is 0 Å². The summed E-state index contributed by atoms with van der Waals surface area (Å²) in [7, 11) is 0. The molecule has 0 saturated heterocycles. The topological polar surface area (TPSA) is 35.5 Å². The molecule has 0 unspecified atom stereocenters. The van der Waals surface area contributed by atoms with Crippen molar-refractivity contribution in [1.82, 2.24) is 5.32 Å². The Balaban J connectivity index is 2.95. The molecule has 3 nitrogen and oxygen atoms in total. The molecule has 1 aromatic rings. The number of nitrogens with one attached hydrogen (secondary N) is 1. The van der Waals surface area contributed by atoms with Crippen molar-refractivity contribution in [2.24, 2.45) is 0 Å². The predicted molar refractivity (Wildman–Crippen MR) is 85.7 cm³/mol. The minimum atomic E-state index is 0.177. The molecule has 108 valence electrons. The van der Waals surface area contributed by atoms with Gasteiger partial charge in [-0.25, -0.2) is 0 Å². The second-order valence-corrected chi connectivity index (χ2v) is 5.88. The number of rotatable bonds is 8. The molecule has 4 heteroatoms. The van der Waals surface area contributed by atoms with Crippen molar-refractivity contribution in [2.75, 3.05) is 24.6 Å². The average molecular weight is 329 g/mol. The molecule has 2 N–H and O–H groups in total. The fourth-order valence-electron chi connectivity index (χ4n) is 2.14. The Kier molecular flexibility index (Phi) is 7.42. The van der Waals surface area contributed by atoms with Gasteiger partial charge in [-0.05, 0) is 50.6 Å². The fourth-order valence-corrected chi connectivity index (χ4v) is 2.55. The summed E-state index contributed by atoms with van der Waals surface area (Å²) < 4.78 is 1.09. The fraction of sp³-hybridized carbons (Fsp3) is 0.600. The number of hydrogen-bond acceptors (Lipinski definition) is 3. The Morgan fingerprint density at radius 2 is 2.11 bits per heavy atom. The average Bonchev–Trinajstić information content (AvgIpc) is 2.37. The quantitative estimate of drug-likeness (QED) is 0.719. The number of aliphatic hydroxyl groups is 1. The van der Waals surface area contributed by atoms with Gasteiger partial charge in [0.05, 0.1) is 6.61 Å². The predicted octanol–water partition coefficient (Wildman–Crippen LogP) is 3.16. The Bertz CT molecular complexity index is 382. The molecule has 0 atom stereocenters. The lowest BCUT2D eigenvalue weighted by Crippen LogP contribution is -2.34. The van der Waals surface area contributed by atoms with E-state index >= 15 is 0 Å². The summed E-state index contributed by atoms with van der Waals surface area (Å²) in [5.41, 5.74) is 2.47. The number of anilines is 1. The minimum Gasteiger partial charge on any atom is -0.395 e. The Labute approximate surface area is 125 Å². The Morgan fingerprint density at radius 1 is 1.37 bits per heavy atom. The third kappa shape index (κ3) is 5.13. The van der Waals surface area contributed by atoms with Crippen LogP contribution in [-0.4, -0.2) is 30.8 Å². The monoisotopic (exact) mass is 328 g/mol. The molecule has 0 bridgehead atoms. The van der Waals surface area contributed by atoms with Crippen molar-refractivity contribution < 1.29 is 5.11 Å². The van der Waals surface area contributed by atoms with Crippen LogP contribution < -0.4 is 10.2 Å². The van der Waals surface area contributed by atoms with Crippen LogP contribution in [0.1, 0.15) is 32.8 Å². The van der Waals surface area contributed by atoms with Crippen LogP contribution in [-0.2, 0) is 6.54 Å². The highest BCUT2D eigenvalue weighted by molar-refractivity contribution is 9.10. The van der Waals surface area contributed by atoms with Gasteiger partial charge in [0.25, 0.3) is 0 Å². The van der Waals surface area contributed by atoms with E-state index in [1.54, 1.807) is 0 Å². The van der Waals surface area contributed by atoms with E-state index in [-0.39, 0.29) is 6.61 Å². The molecule has 0 aliphatic carbocycles. The summed E-state index contributed by atoms with van der Waals surface area (Å²) in [6.45, 7) is 9.20. The van der Waals surface area contributed by atoms with E-state index in [1.807, 2.05) is 0 Å². The van der Waals surface area contributed by atoms with Gasteiger partial charge < -0.3 is 15.3 Å². The molecule has 0 aliphatic rings. The van der Waals surface area contributed by atoms with Gasteiger partial charge in [-0.3, -0.25) is 0 Å². The zero-order chi connectivity index (χ0) is 14.3. The van der Waals surface area contributed by atoms with Gasteiger partial charge >= 0.3 is 0 Å². The van der Waals surface area contributed by atoms with Crippen LogP contribution in [0.3, 0.4) is 0 Å². The molecule has 0 amide bonds. The minimum absolute atomic E-state index is 0.177. The first-order chi connectivity index (χ1) is 9.10. The summed E-state index contributed by atoms with van der Waals surface area (Å²) in [5, 5.41) is 12.7. The standard InChI is InChI=1S/C15H25BrN2O/c1-4-7-17-11-13-10-14(16)5-6-15(13)18(8-9-19)12(2)3/h5-6,10,12,17,19H,4,7-9,11H2,1-3H3. The number of nitrogens with zero attached hydrogens (tertiary/aromatic N) is 1. The Morgan fingerprint density at radius 3 is 2.68 bits per heavy atom. The highest BCUT2D eigenvalue weighted by atomic mass is 79.9. The van der Waals surface area contributed by atoms with Crippen LogP contribution in [0.25, 0.3) is 0 Å². The molecule has 0 radical (unpaired) electrons. The summed E-state index contributed by atoms with van der Waals surface area (Å²) in [5.74, 6) is 0. The third-order valence-electron chi connectivity index (χ3n) is 3.06. The maximum atomic E-state index is 9.24. The van der Waals surface area contributed by atoms with Gasteiger partial charge in [-0.2, -0.15) is 0 Å². The zero-order valence-electron chi connectivity index (χ0n) is 12.1. The molecular weight excluding hydrogens is 304 g/mol. The molecule has 0 spiro atoms. The largest absolute Gasteiger partial charge is 0.395 e. The lowest BCUT2D eigenvalue weighted by molar-refractivity contribution is 0.299.